The molecule has 10 heteroatoms. The van der Waals surface area contributed by atoms with E-state index in [-0.39, 0.29) is 41.9 Å². The second-order valence-electron chi connectivity index (χ2n) is 11.3. The van der Waals surface area contributed by atoms with Crippen LogP contribution in [0.3, 0.4) is 0 Å². The number of ether oxygens (including phenoxy) is 2. The Bertz CT molecular complexity index is 1340. The number of amides is 1. The molecule has 1 aromatic heterocycles. The lowest BCUT2D eigenvalue weighted by atomic mass is 9.70. The first-order chi connectivity index (χ1) is 19.0. The van der Waals surface area contributed by atoms with Crippen LogP contribution in [0.15, 0.2) is 48.4 Å². The molecular weight excluding hydrogens is 548 g/mol. The number of methoxy groups -OCH3 is 2. The Labute approximate surface area is 242 Å². The Morgan fingerprint density at radius 3 is 2.52 bits per heavy atom. The number of rotatable bonds is 14. The molecule has 2 atom stereocenters. The molecule has 2 bridgehead atoms. The van der Waals surface area contributed by atoms with Crippen molar-refractivity contribution in [3.8, 4) is 11.5 Å². The SMILES string of the molecule is C=CCN(CC(=O)N(CCc1ccc(OC)c(OC)c1)Cc1cccs1)S(=O)(=O)CC12CCC(CC1=O)C2(C)C. The van der Waals surface area contributed by atoms with E-state index in [9.17, 15) is 18.0 Å². The second kappa shape index (κ2) is 12.0. The zero-order valence-corrected chi connectivity index (χ0v) is 25.5. The van der Waals surface area contributed by atoms with E-state index < -0.39 is 15.4 Å². The molecule has 0 N–H and O–H groups in total. The van der Waals surface area contributed by atoms with Gasteiger partial charge < -0.3 is 14.4 Å². The van der Waals surface area contributed by atoms with Crippen molar-refractivity contribution in [3.05, 3.63) is 58.8 Å². The highest BCUT2D eigenvalue weighted by molar-refractivity contribution is 7.89. The van der Waals surface area contributed by atoms with Gasteiger partial charge in [0.2, 0.25) is 15.9 Å². The van der Waals surface area contributed by atoms with Crippen molar-refractivity contribution >= 4 is 33.1 Å². The van der Waals surface area contributed by atoms with Crippen LogP contribution in [-0.4, -0.2) is 68.9 Å². The van der Waals surface area contributed by atoms with Crippen LogP contribution >= 0.6 is 11.3 Å². The minimum absolute atomic E-state index is 0.00468. The van der Waals surface area contributed by atoms with Crippen LogP contribution in [0.2, 0.25) is 0 Å². The molecule has 4 rings (SSSR count). The van der Waals surface area contributed by atoms with Crippen molar-refractivity contribution in [2.45, 2.75) is 46.1 Å². The van der Waals surface area contributed by atoms with Crippen molar-refractivity contribution in [3.63, 3.8) is 0 Å². The summed E-state index contributed by atoms with van der Waals surface area (Å²) < 4.78 is 39.6. The minimum Gasteiger partial charge on any atom is -0.493 e. The summed E-state index contributed by atoms with van der Waals surface area (Å²) in [7, 11) is -0.767. The number of ketones is 1. The molecule has 2 fully saturated rings. The summed E-state index contributed by atoms with van der Waals surface area (Å²) in [5.74, 6) is 0.925. The number of hydrogen-bond acceptors (Lipinski definition) is 7. The normalized spacial score (nSPS) is 21.5. The van der Waals surface area contributed by atoms with Gasteiger partial charge in [0, 0.05) is 29.8 Å². The second-order valence-corrected chi connectivity index (χ2v) is 14.3. The lowest BCUT2D eigenvalue weighted by Gasteiger charge is -2.37. The van der Waals surface area contributed by atoms with Gasteiger partial charge in [0.25, 0.3) is 0 Å². The van der Waals surface area contributed by atoms with Gasteiger partial charge in [0.15, 0.2) is 11.5 Å². The number of carbonyl (C=O) groups excluding carboxylic acids is 2. The Morgan fingerprint density at radius 1 is 1.20 bits per heavy atom. The number of sulfonamides is 1. The molecule has 0 spiro atoms. The van der Waals surface area contributed by atoms with Crippen molar-refractivity contribution in [2.75, 3.05) is 39.6 Å². The third kappa shape index (κ3) is 5.85. The Balaban J connectivity index is 1.53. The maximum absolute atomic E-state index is 13.8. The molecule has 1 amide bonds. The quantitative estimate of drug-likeness (QED) is 0.301. The topological polar surface area (TPSA) is 93.2 Å². The molecule has 218 valence electrons. The smallest absolute Gasteiger partial charge is 0.238 e. The van der Waals surface area contributed by atoms with Crippen LogP contribution in [0.5, 0.6) is 11.5 Å². The average Bonchev–Trinajstić information content (AvgIpc) is 3.56. The lowest BCUT2D eigenvalue weighted by molar-refractivity contribution is -0.131. The van der Waals surface area contributed by atoms with Crippen molar-refractivity contribution in [1.29, 1.82) is 0 Å². The molecule has 8 nitrogen and oxygen atoms in total. The highest BCUT2D eigenvalue weighted by atomic mass is 32.2. The van der Waals surface area contributed by atoms with Crippen LogP contribution in [0.1, 0.15) is 43.6 Å². The molecule has 1 heterocycles. The molecular formula is C30H40N2O6S2. The third-order valence-corrected chi connectivity index (χ3v) is 11.8. The first kappa shape index (κ1) is 30.3. The third-order valence-electron chi connectivity index (χ3n) is 9.00. The summed E-state index contributed by atoms with van der Waals surface area (Å²) in [5, 5.41) is 1.95. The summed E-state index contributed by atoms with van der Waals surface area (Å²) in [6.07, 6.45) is 3.93. The lowest BCUT2D eigenvalue weighted by Crippen LogP contribution is -2.49. The van der Waals surface area contributed by atoms with Crippen molar-refractivity contribution in [1.82, 2.24) is 9.21 Å². The van der Waals surface area contributed by atoms with Gasteiger partial charge in [-0.25, -0.2) is 8.42 Å². The first-order valence-electron chi connectivity index (χ1n) is 13.6. The molecule has 40 heavy (non-hydrogen) atoms. The first-order valence-corrected chi connectivity index (χ1v) is 16.1. The monoisotopic (exact) mass is 588 g/mol. The van der Waals surface area contributed by atoms with Gasteiger partial charge in [-0.3, -0.25) is 9.59 Å². The minimum atomic E-state index is -3.92. The van der Waals surface area contributed by atoms with E-state index in [0.717, 1.165) is 16.9 Å². The predicted octanol–water partition coefficient (Wildman–Crippen LogP) is 4.55. The molecule has 2 unspecified atom stereocenters. The highest BCUT2D eigenvalue weighted by Gasteiger charge is 2.65. The van der Waals surface area contributed by atoms with E-state index in [4.69, 9.17) is 9.47 Å². The Kier molecular flexibility index (Phi) is 9.11. The van der Waals surface area contributed by atoms with E-state index >= 15 is 0 Å². The predicted molar refractivity (Wildman–Crippen MR) is 157 cm³/mol. The fourth-order valence-electron chi connectivity index (χ4n) is 6.36. The molecule has 2 saturated carbocycles. The molecule has 2 aliphatic rings. The Morgan fingerprint density at radius 2 is 1.95 bits per heavy atom. The van der Waals surface area contributed by atoms with Gasteiger partial charge in [-0.1, -0.05) is 32.1 Å². The maximum Gasteiger partial charge on any atom is 0.238 e. The largest absolute Gasteiger partial charge is 0.493 e. The summed E-state index contributed by atoms with van der Waals surface area (Å²) >= 11 is 1.55. The van der Waals surface area contributed by atoms with Crippen LogP contribution in [0.25, 0.3) is 0 Å². The van der Waals surface area contributed by atoms with E-state index in [1.807, 2.05) is 49.6 Å². The molecule has 0 saturated heterocycles. The molecule has 0 radical (unpaired) electrons. The number of benzene rings is 1. The van der Waals surface area contributed by atoms with E-state index in [1.165, 1.54) is 10.4 Å². The van der Waals surface area contributed by atoms with Crippen LogP contribution < -0.4 is 9.47 Å². The number of fused-ring (bicyclic) bond motifs is 2. The van der Waals surface area contributed by atoms with Crippen LogP contribution in [0.4, 0.5) is 0 Å². The van der Waals surface area contributed by atoms with Gasteiger partial charge in [-0.15, -0.1) is 17.9 Å². The van der Waals surface area contributed by atoms with Gasteiger partial charge >= 0.3 is 0 Å². The van der Waals surface area contributed by atoms with Crippen molar-refractivity contribution in [2.24, 2.45) is 16.7 Å². The van der Waals surface area contributed by atoms with E-state index in [2.05, 4.69) is 6.58 Å². The number of hydrogen-bond donors (Lipinski definition) is 0. The van der Waals surface area contributed by atoms with E-state index in [0.29, 0.717) is 43.9 Å². The number of thiophene rings is 1. The van der Waals surface area contributed by atoms with Gasteiger partial charge in [-0.05, 0) is 59.7 Å². The molecule has 2 aliphatic carbocycles. The van der Waals surface area contributed by atoms with Crippen LogP contribution in [0, 0.1) is 16.7 Å². The number of Topliss-reactive ketones (excluding diaryl/α,β-unsaturated/α-hetero) is 1. The zero-order valence-electron chi connectivity index (χ0n) is 23.9. The number of nitrogens with zero attached hydrogens (tertiary/aromatic N) is 2. The van der Waals surface area contributed by atoms with Gasteiger partial charge in [0.05, 0.1) is 33.1 Å². The fourth-order valence-corrected chi connectivity index (χ4v) is 9.21. The Hall–Kier alpha value is -2.69. The van der Waals surface area contributed by atoms with Gasteiger partial charge in [-0.2, -0.15) is 4.31 Å². The maximum atomic E-state index is 13.8. The average molecular weight is 589 g/mol. The fraction of sp³-hybridized carbons (Fsp3) is 0.533. The summed E-state index contributed by atoms with van der Waals surface area (Å²) in [5.41, 5.74) is -0.316. The van der Waals surface area contributed by atoms with Crippen LogP contribution in [-0.2, 0) is 32.6 Å². The molecule has 0 aliphatic heterocycles. The van der Waals surface area contributed by atoms with Crippen molar-refractivity contribution < 1.29 is 27.5 Å². The standard InChI is InChI=1S/C30H40N2O6S2/c1-6-14-32(40(35,36)21-30-13-11-23(18-27(30)33)29(30,2)3)20-28(34)31(19-24-8-7-16-39-24)15-12-22-9-10-25(37-4)26(17-22)38-5/h6-10,16-17,23H,1,11-15,18-21H2,2-5H3. The highest BCUT2D eigenvalue weighted by Crippen LogP contribution is 2.64. The number of carbonyl (C=O) groups is 2. The molecule has 1 aromatic carbocycles. The summed E-state index contributed by atoms with van der Waals surface area (Å²) in [4.78, 5) is 29.5. The van der Waals surface area contributed by atoms with E-state index in [1.54, 1.807) is 30.5 Å². The summed E-state index contributed by atoms with van der Waals surface area (Å²) in [6.45, 7) is 8.24. The molecule has 2 aromatic rings. The zero-order chi connectivity index (χ0) is 29.1. The van der Waals surface area contributed by atoms with Gasteiger partial charge in [0.1, 0.15) is 5.78 Å². The summed E-state index contributed by atoms with van der Waals surface area (Å²) in [6, 6.07) is 9.54.